The van der Waals surface area contributed by atoms with E-state index < -0.39 is 0 Å². The van der Waals surface area contributed by atoms with Crippen molar-refractivity contribution in [3.8, 4) is 11.6 Å². The summed E-state index contributed by atoms with van der Waals surface area (Å²) in [5.41, 5.74) is 0.723. The van der Waals surface area contributed by atoms with E-state index in [-0.39, 0.29) is 12.1 Å². The molecule has 6 nitrogen and oxygen atoms in total. The average molecular weight is 348 g/mol. The molecular formula is C17H18ClN3O3. The zero-order chi connectivity index (χ0) is 16.9. The van der Waals surface area contributed by atoms with Gasteiger partial charge in [0.1, 0.15) is 16.9 Å². The van der Waals surface area contributed by atoms with Crippen molar-refractivity contribution < 1.29 is 14.3 Å². The highest BCUT2D eigenvalue weighted by Crippen LogP contribution is 2.24. The first-order valence-corrected chi connectivity index (χ1v) is 8.09. The number of ether oxygens (including phenoxy) is 2. The Bertz CT molecular complexity index is 702. The van der Waals surface area contributed by atoms with Crippen LogP contribution in [0.1, 0.15) is 6.92 Å². The molecule has 1 aromatic carbocycles. The Morgan fingerprint density at radius 3 is 2.75 bits per heavy atom. The maximum absolute atomic E-state index is 12.2. The molecule has 0 bridgehead atoms. The Kier molecular flexibility index (Phi) is 5.05. The second-order valence-electron chi connectivity index (χ2n) is 5.32. The fraction of sp³-hybridized carbons (Fsp3) is 0.294. The Balaban J connectivity index is 1.47. The number of hydrogen-bond donors (Lipinski definition) is 1. The highest BCUT2D eigenvalue weighted by Gasteiger charge is 2.33. The molecule has 1 aliphatic heterocycles. The van der Waals surface area contributed by atoms with Crippen molar-refractivity contribution in [3.63, 3.8) is 0 Å². The number of carbonyl (C=O) groups excluding carboxylic acids is 1. The molecule has 1 saturated heterocycles. The number of amides is 2. The summed E-state index contributed by atoms with van der Waals surface area (Å²) in [4.78, 5) is 17.9. The highest BCUT2D eigenvalue weighted by atomic mass is 35.5. The molecule has 2 heterocycles. The molecule has 126 valence electrons. The van der Waals surface area contributed by atoms with E-state index in [9.17, 15) is 4.79 Å². The fourth-order valence-electron chi connectivity index (χ4n) is 2.30. The number of rotatable bonds is 5. The van der Waals surface area contributed by atoms with Gasteiger partial charge in [0.25, 0.3) is 0 Å². The van der Waals surface area contributed by atoms with Crippen molar-refractivity contribution in [3.05, 3.63) is 47.6 Å². The maximum atomic E-state index is 12.2. The van der Waals surface area contributed by atoms with Gasteiger partial charge in [0.15, 0.2) is 0 Å². The summed E-state index contributed by atoms with van der Waals surface area (Å²) in [6.45, 7) is 3.53. The SMILES string of the molecule is CCOc1ccc(NC(=O)N2CC(Oc3ncccc3Cl)C2)cc1. The third kappa shape index (κ3) is 3.89. The van der Waals surface area contributed by atoms with Crippen LogP contribution in [0.2, 0.25) is 5.02 Å². The van der Waals surface area contributed by atoms with E-state index in [1.807, 2.05) is 31.2 Å². The van der Waals surface area contributed by atoms with Gasteiger partial charge in [-0.3, -0.25) is 0 Å². The molecule has 7 heteroatoms. The van der Waals surface area contributed by atoms with Gasteiger partial charge < -0.3 is 19.7 Å². The van der Waals surface area contributed by atoms with Crippen molar-refractivity contribution in [2.45, 2.75) is 13.0 Å². The molecule has 2 aromatic rings. The van der Waals surface area contributed by atoms with Gasteiger partial charge in [0.2, 0.25) is 5.88 Å². The number of carbonyl (C=O) groups is 1. The Hall–Kier alpha value is -2.47. The average Bonchev–Trinajstić information content (AvgIpc) is 2.54. The summed E-state index contributed by atoms with van der Waals surface area (Å²) in [5, 5.41) is 3.31. The standard InChI is InChI=1S/C17H18ClN3O3/c1-2-23-13-7-5-12(6-8-13)20-17(22)21-10-14(11-21)24-16-15(18)4-3-9-19-16/h3-9,14H,2,10-11H2,1H3,(H,20,22). The van der Waals surface area contributed by atoms with E-state index in [4.69, 9.17) is 21.1 Å². The Morgan fingerprint density at radius 1 is 1.33 bits per heavy atom. The van der Waals surface area contributed by atoms with Crippen molar-refractivity contribution in [2.75, 3.05) is 25.0 Å². The molecular weight excluding hydrogens is 330 g/mol. The molecule has 24 heavy (non-hydrogen) atoms. The number of nitrogens with zero attached hydrogens (tertiary/aromatic N) is 2. The Labute approximate surface area is 145 Å². The zero-order valence-electron chi connectivity index (χ0n) is 13.2. The Morgan fingerprint density at radius 2 is 2.08 bits per heavy atom. The van der Waals surface area contributed by atoms with Crippen LogP contribution in [0.3, 0.4) is 0 Å². The third-order valence-corrected chi connectivity index (χ3v) is 3.84. The molecule has 0 saturated carbocycles. The van der Waals surface area contributed by atoms with Crippen LogP contribution in [-0.2, 0) is 0 Å². The normalized spacial score (nSPS) is 14.0. The predicted molar refractivity (Wildman–Crippen MR) is 91.9 cm³/mol. The van der Waals surface area contributed by atoms with Crippen LogP contribution in [0.4, 0.5) is 10.5 Å². The number of likely N-dealkylation sites (tertiary alicyclic amines) is 1. The number of pyridine rings is 1. The summed E-state index contributed by atoms with van der Waals surface area (Å²) < 4.78 is 11.0. The van der Waals surface area contributed by atoms with Gasteiger partial charge >= 0.3 is 6.03 Å². The summed E-state index contributed by atoms with van der Waals surface area (Å²) in [7, 11) is 0. The molecule has 1 fully saturated rings. The number of aromatic nitrogens is 1. The number of halogens is 1. The smallest absolute Gasteiger partial charge is 0.322 e. The van der Waals surface area contributed by atoms with E-state index in [1.54, 1.807) is 23.2 Å². The minimum atomic E-state index is -0.161. The monoisotopic (exact) mass is 347 g/mol. The molecule has 0 radical (unpaired) electrons. The molecule has 0 aliphatic carbocycles. The van der Waals surface area contributed by atoms with E-state index in [2.05, 4.69) is 10.3 Å². The first-order valence-electron chi connectivity index (χ1n) is 7.71. The third-order valence-electron chi connectivity index (χ3n) is 3.55. The first kappa shape index (κ1) is 16.4. The molecule has 1 N–H and O–H groups in total. The van der Waals surface area contributed by atoms with Gasteiger partial charge in [-0.05, 0) is 43.3 Å². The van der Waals surface area contributed by atoms with Gasteiger partial charge in [-0.1, -0.05) is 11.6 Å². The van der Waals surface area contributed by atoms with Gasteiger partial charge in [-0.2, -0.15) is 0 Å². The fourth-order valence-corrected chi connectivity index (χ4v) is 2.46. The van der Waals surface area contributed by atoms with Crippen molar-refractivity contribution in [1.82, 2.24) is 9.88 Å². The largest absolute Gasteiger partial charge is 0.494 e. The van der Waals surface area contributed by atoms with E-state index in [0.717, 1.165) is 11.4 Å². The van der Waals surface area contributed by atoms with Crippen LogP contribution in [-0.4, -0.2) is 41.7 Å². The number of benzene rings is 1. The first-order chi connectivity index (χ1) is 11.7. The molecule has 3 rings (SSSR count). The van der Waals surface area contributed by atoms with E-state index in [0.29, 0.717) is 30.6 Å². The number of urea groups is 1. The summed E-state index contributed by atoms with van der Waals surface area (Å²) in [6, 6.07) is 10.6. The molecule has 0 unspecified atom stereocenters. The van der Waals surface area contributed by atoms with E-state index >= 15 is 0 Å². The predicted octanol–water partition coefficient (Wildman–Crippen LogP) is 3.43. The number of nitrogens with one attached hydrogen (secondary N) is 1. The second kappa shape index (κ2) is 7.40. The lowest BCUT2D eigenvalue weighted by Gasteiger charge is -2.38. The zero-order valence-corrected chi connectivity index (χ0v) is 14.0. The lowest BCUT2D eigenvalue weighted by atomic mass is 10.2. The van der Waals surface area contributed by atoms with Crippen LogP contribution < -0.4 is 14.8 Å². The summed E-state index contributed by atoms with van der Waals surface area (Å²) >= 11 is 6.00. The highest BCUT2D eigenvalue weighted by molar-refractivity contribution is 6.31. The quantitative estimate of drug-likeness (QED) is 0.900. The van der Waals surface area contributed by atoms with Crippen LogP contribution in [0.5, 0.6) is 11.6 Å². The maximum Gasteiger partial charge on any atom is 0.322 e. The van der Waals surface area contributed by atoms with Crippen LogP contribution in [0, 0.1) is 0 Å². The van der Waals surface area contributed by atoms with Gasteiger partial charge in [-0.15, -0.1) is 0 Å². The topological polar surface area (TPSA) is 63.7 Å². The van der Waals surface area contributed by atoms with Crippen LogP contribution in [0.25, 0.3) is 0 Å². The lowest BCUT2D eigenvalue weighted by molar-refractivity contribution is 0.0462. The molecule has 1 aromatic heterocycles. The minimum absolute atomic E-state index is 0.0940. The van der Waals surface area contributed by atoms with Crippen molar-refractivity contribution >= 4 is 23.3 Å². The minimum Gasteiger partial charge on any atom is -0.494 e. The van der Waals surface area contributed by atoms with Crippen molar-refractivity contribution in [2.24, 2.45) is 0 Å². The van der Waals surface area contributed by atoms with Crippen LogP contribution >= 0.6 is 11.6 Å². The number of hydrogen-bond acceptors (Lipinski definition) is 4. The van der Waals surface area contributed by atoms with Gasteiger partial charge in [0.05, 0.1) is 19.7 Å². The van der Waals surface area contributed by atoms with Crippen LogP contribution in [0.15, 0.2) is 42.6 Å². The summed E-state index contributed by atoms with van der Waals surface area (Å²) in [5.74, 6) is 1.18. The molecule has 2 amide bonds. The van der Waals surface area contributed by atoms with Crippen molar-refractivity contribution in [1.29, 1.82) is 0 Å². The molecule has 0 spiro atoms. The summed E-state index contributed by atoms with van der Waals surface area (Å²) in [6.07, 6.45) is 1.53. The molecule has 0 atom stereocenters. The van der Waals surface area contributed by atoms with Gasteiger partial charge in [0, 0.05) is 11.9 Å². The second-order valence-corrected chi connectivity index (χ2v) is 5.73. The lowest BCUT2D eigenvalue weighted by Crippen LogP contribution is -2.57. The van der Waals surface area contributed by atoms with Gasteiger partial charge in [-0.25, -0.2) is 9.78 Å². The number of anilines is 1. The van der Waals surface area contributed by atoms with E-state index in [1.165, 1.54) is 0 Å². The molecule has 1 aliphatic rings.